The number of nitrogens with two attached hydrogens (primary N) is 1. The molecular formula is C33H47N7O4S2. The van der Waals surface area contributed by atoms with Crippen molar-refractivity contribution in [3.63, 3.8) is 0 Å². The number of nitrogens with zero attached hydrogens (tertiary/aromatic N) is 4. The molecule has 11 nitrogen and oxygen atoms in total. The number of amides is 4. The van der Waals surface area contributed by atoms with E-state index in [4.69, 9.17) is 10.7 Å². The molecule has 4 N–H and O–H groups in total. The molecule has 3 aromatic rings. The van der Waals surface area contributed by atoms with E-state index >= 15 is 0 Å². The number of nitrogens with one attached hydrogen (secondary N) is 2. The van der Waals surface area contributed by atoms with Gasteiger partial charge in [-0.1, -0.05) is 13.3 Å². The second kappa shape index (κ2) is 15.6. The van der Waals surface area contributed by atoms with Crippen LogP contribution in [0.4, 0.5) is 5.82 Å². The summed E-state index contributed by atoms with van der Waals surface area (Å²) in [6.07, 6.45) is 8.12. The Labute approximate surface area is 278 Å². The molecule has 0 aromatic carbocycles. The SMILES string of the molecule is CCCCc1nc2c(N)nc3cc(C)sc3c2n1CCCCNC(=O)C1CCC(CN2C(=O)CC(SCC(=O)NCC)C2=O)CC1. The number of nitrogen functional groups attached to an aromatic ring is 1. The minimum atomic E-state index is -0.483. The number of carbonyl (C=O) groups excluding carboxylic acids is 4. The topological polar surface area (TPSA) is 152 Å². The summed E-state index contributed by atoms with van der Waals surface area (Å²) in [6, 6.07) is 2.08. The maximum Gasteiger partial charge on any atom is 0.242 e. The number of thiophene rings is 1. The van der Waals surface area contributed by atoms with Gasteiger partial charge in [-0.2, -0.15) is 0 Å². The molecule has 1 aliphatic heterocycles. The summed E-state index contributed by atoms with van der Waals surface area (Å²) < 4.78 is 3.46. The van der Waals surface area contributed by atoms with E-state index in [1.165, 1.54) is 21.5 Å². The van der Waals surface area contributed by atoms with Crippen LogP contribution in [0.15, 0.2) is 6.07 Å². The minimum absolute atomic E-state index is 0.0364. The highest BCUT2D eigenvalue weighted by Crippen LogP contribution is 2.35. The third kappa shape index (κ3) is 7.84. The summed E-state index contributed by atoms with van der Waals surface area (Å²) in [5.74, 6) is 1.51. The van der Waals surface area contributed by atoms with E-state index in [9.17, 15) is 19.2 Å². The van der Waals surface area contributed by atoms with Gasteiger partial charge in [0.1, 0.15) is 11.3 Å². The minimum Gasteiger partial charge on any atom is -0.382 e. The van der Waals surface area contributed by atoms with Crippen molar-refractivity contribution in [2.24, 2.45) is 11.8 Å². The molecule has 1 saturated heterocycles. The number of hydrogen-bond acceptors (Lipinski definition) is 9. The molecule has 0 bridgehead atoms. The van der Waals surface area contributed by atoms with Crippen molar-refractivity contribution in [1.82, 2.24) is 30.1 Å². The summed E-state index contributed by atoms with van der Waals surface area (Å²) in [4.78, 5) is 62.3. The van der Waals surface area contributed by atoms with Crippen molar-refractivity contribution in [1.29, 1.82) is 0 Å². The molecule has 250 valence electrons. The monoisotopic (exact) mass is 669 g/mol. The van der Waals surface area contributed by atoms with Crippen LogP contribution in [0, 0.1) is 18.8 Å². The van der Waals surface area contributed by atoms with E-state index in [0.717, 1.165) is 91.4 Å². The van der Waals surface area contributed by atoms with E-state index in [1.54, 1.807) is 11.3 Å². The first-order valence-corrected chi connectivity index (χ1v) is 18.6. The predicted molar refractivity (Wildman–Crippen MR) is 185 cm³/mol. The van der Waals surface area contributed by atoms with Crippen molar-refractivity contribution in [2.75, 3.05) is 31.1 Å². The van der Waals surface area contributed by atoms with Gasteiger partial charge in [0.05, 0.1) is 26.7 Å². The Morgan fingerprint density at radius 2 is 1.87 bits per heavy atom. The van der Waals surface area contributed by atoms with Crippen LogP contribution in [0.1, 0.15) is 82.3 Å². The molecule has 46 heavy (non-hydrogen) atoms. The summed E-state index contributed by atoms with van der Waals surface area (Å²) in [5.41, 5.74) is 9.14. The van der Waals surface area contributed by atoms with Crippen LogP contribution in [0.2, 0.25) is 0 Å². The van der Waals surface area contributed by atoms with Gasteiger partial charge in [0, 0.05) is 49.8 Å². The maximum atomic E-state index is 13.0. The highest BCUT2D eigenvalue weighted by Gasteiger charge is 2.40. The molecule has 2 fully saturated rings. The van der Waals surface area contributed by atoms with E-state index in [-0.39, 0.29) is 47.6 Å². The number of aryl methyl sites for hydroxylation is 3. The lowest BCUT2D eigenvalue weighted by Crippen LogP contribution is -2.39. The molecule has 3 aromatic heterocycles. The lowest BCUT2D eigenvalue weighted by Gasteiger charge is -2.30. The van der Waals surface area contributed by atoms with Gasteiger partial charge in [-0.25, -0.2) is 9.97 Å². The number of carbonyl (C=O) groups is 4. The van der Waals surface area contributed by atoms with Crippen molar-refractivity contribution in [2.45, 2.75) is 96.8 Å². The fraction of sp³-hybridized carbons (Fsp3) is 0.636. The Morgan fingerprint density at radius 1 is 1.09 bits per heavy atom. The quantitative estimate of drug-likeness (QED) is 0.157. The maximum absolute atomic E-state index is 13.0. The van der Waals surface area contributed by atoms with Crippen molar-refractivity contribution < 1.29 is 19.2 Å². The molecule has 1 saturated carbocycles. The average Bonchev–Trinajstić information content (AvgIpc) is 3.67. The molecule has 5 rings (SSSR count). The Bertz CT molecular complexity index is 1580. The number of fused-ring (bicyclic) bond motifs is 3. The third-order valence-corrected chi connectivity index (χ3v) is 11.3. The van der Waals surface area contributed by atoms with Gasteiger partial charge in [-0.3, -0.25) is 24.1 Å². The molecule has 13 heteroatoms. The van der Waals surface area contributed by atoms with Crippen LogP contribution in [0.5, 0.6) is 0 Å². The molecule has 0 radical (unpaired) electrons. The standard InChI is InChI=1S/C33H47N7O4S2/c1-4-6-9-25-38-28-29(30-23(37-31(28)34)16-20(3)46-30)39(25)15-8-7-14-36-32(43)22-12-10-21(11-13-22)18-40-27(42)17-24(33(40)44)45-19-26(41)35-5-2/h16,21-22,24H,4-15,17-19H2,1-3H3,(H2,34,37)(H,35,41)(H,36,43). The van der Waals surface area contributed by atoms with Crippen molar-refractivity contribution in [3.05, 3.63) is 16.8 Å². The number of imide groups is 1. The Kier molecular flexibility index (Phi) is 11.6. The number of pyridine rings is 1. The van der Waals surface area contributed by atoms with Crippen LogP contribution in [0.3, 0.4) is 0 Å². The second-order valence-corrected chi connectivity index (χ2v) is 15.0. The molecule has 2 aliphatic rings. The largest absolute Gasteiger partial charge is 0.382 e. The van der Waals surface area contributed by atoms with Crippen LogP contribution in [-0.2, 0) is 32.1 Å². The first kappa shape index (κ1) is 34.2. The van der Waals surface area contributed by atoms with Crippen LogP contribution in [-0.4, -0.2) is 73.7 Å². The van der Waals surface area contributed by atoms with Crippen molar-refractivity contribution in [3.8, 4) is 0 Å². The molecule has 1 atom stereocenters. The highest BCUT2D eigenvalue weighted by molar-refractivity contribution is 8.01. The smallest absolute Gasteiger partial charge is 0.242 e. The number of hydrogen-bond donors (Lipinski definition) is 3. The average molecular weight is 670 g/mol. The summed E-state index contributed by atoms with van der Waals surface area (Å²) in [6.45, 7) is 8.50. The molecule has 1 aliphatic carbocycles. The van der Waals surface area contributed by atoms with Gasteiger partial charge in [-0.15, -0.1) is 23.1 Å². The van der Waals surface area contributed by atoms with Gasteiger partial charge in [0.25, 0.3) is 0 Å². The molecule has 1 unspecified atom stereocenters. The van der Waals surface area contributed by atoms with Crippen molar-refractivity contribution >= 4 is 73.8 Å². The van der Waals surface area contributed by atoms with Gasteiger partial charge in [-0.05, 0) is 70.8 Å². The second-order valence-electron chi connectivity index (χ2n) is 12.6. The first-order valence-electron chi connectivity index (χ1n) is 16.7. The lowest BCUT2D eigenvalue weighted by molar-refractivity contribution is -0.139. The fourth-order valence-electron chi connectivity index (χ4n) is 6.63. The van der Waals surface area contributed by atoms with E-state index in [1.807, 2.05) is 6.92 Å². The van der Waals surface area contributed by atoms with E-state index in [0.29, 0.717) is 25.5 Å². The van der Waals surface area contributed by atoms with Gasteiger partial charge in [0.2, 0.25) is 23.6 Å². The van der Waals surface area contributed by atoms with Gasteiger partial charge >= 0.3 is 0 Å². The van der Waals surface area contributed by atoms with E-state index < -0.39 is 5.25 Å². The molecule has 4 amide bonds. The number of thioether (sulfide) groups is 1. The zero-order valence-electron chi connectivity index (χ0n) is 27.2. The molecule has 0 spiro atoms. The van der Waals surface area contributed by atoms with Gasteiger partial charge in [0.15, 0.2) is 5.82 Å². The fourth-order valence-corrected chi connectivity index (χ4v) is 8.62. The van der Waals surface area contributed by atoms with Crippen LogP contribution < -0.4 is 16.4 Å². The number of aromatic nitrogens is 3. The number of rotatable bonds is 15. The summed E-state index contributed by atoms with van der Waals surface area (Å²) in [5, 5.41) is 5.39. The Hall–Kier alpha value is -3.19. The normalized spacial score (nSPS) is 20.2. The number of imidazole rings is 1. The zero-order valence-corrected chi connectivity index (χ0v) is 28.9. The van der Waals surface area contributed by atoms with Gasteiger partial charge < -0.3 is 20.9 Å². The zero-order chi connectivity index (χ0) is 32.8. The number of anilines is 1. The number of likely N-dealkylation sites (tertiary alicyclic amines) is 1. The number of unbranched alkanes of at least 4 members (excludes halogenated alkanes) is 2. The van der Waals surface area contributed by atoms with E-state index in [2.05, 4.69) is 40.1 Å². The molecule has 4 heterocycles. The Morgan fingerprint density at radius 3 is 2.61 bits per heavy atom. The molecular weight excluding hydrogens is 623 g/mol. The Balaban J connectivity index is 1.07. The highest BCUT2D eigenvalue weighted by atomic mass is 32.2. The predicted octanol–water partition coefficient (Wildman–Crippen LogP) is 4.58. The summed E-state index contributed by atoms with van der Waals surface area (Å²) in [7, 11) is 0. The van der Waals surface area contributed by atoms with Crippen LogP contribution in [0.25, 0.3) is 21.3 Å². The lowest BCUT2D eigenvalue weighted by atomic mass is 9.81. The summed E-state index contributed by atoms with van der Waals surface area (Å²) >= 11 is 2.97. The third-order valence-electron chi connectivity index (χ3n) is 9.09. The van der Waals surface area contributed by atoms with Crippen LogP contribution >= 0.6 is 23.1 Å². The first-order chi connectivity index (χ1) is 22.2.